The first-order valence-corrected chi connectivity index (χ1v) is 10.2. The number of pyridine rings is 1. The maximum Gasteiger partial charge on any atom is 0.292 e. The summed E-state index contributed by atoms with van der Waals surface area (Å²) in [5, 5.41) is 14.6. The summed E-state index contributed by atoms with van der Waals surface area (Å²) in [6.07, 6.45) is 3.38. The molecule has 1 aliphatic heterocycles. The van der Waals surface area contributed by atoms with Crippen LogP contribution >= 0.6 is 0 Å². The molecule has 1 saturated heterocycles. The molecule has 1 N–H and O–H groups in total. The van der Waals surface area contributed by atoms with Crippen LogP contribution in [-0.4, -0.2) is 46.9 Å². The van der Waals surface area contributed by atoms with E-state index in [9.17, 15) is 19.3 Å². The van der Waals surface area contributed by atoms with Crippen molar-refractivity contribution in [3.63, 3.8) is 0 Å². The molecule has 1 amide bonds. The maximum absolute atomic E-state index is 13.4. The first-order chi connectivity index (χ1) is 15.5. The summed E-state index contributed by atoms with van der Waals surface area (Å²) in [5.41, 5.74) is 2.50. The van der Waals surface area contributed by atoms with Gasteiger partial charge in [0.1, 0.15) is 11.5 Å². The molecule has 164 valence electrons. The number of nitro groups is 1. The zero-order valence-corrected chi connectivity index (χ0v) is 17.3. The van der Waals surface area contributed by atoms with Crippen molar-refractivity contribution in [3.8, 4) is 0 Å². The van der Waals surface area contributed by atoms with Gasteiger partial charge in [-0.1, -0.05) is 12.1 Å². The van der Waals surface area contributed by atoms with Gasteiger partial charge in [0.15, 0.2) is 0 Å². The van der Waals surface area contributed by atoms with Gasteiger partial charge in [-0.2, -0.15) is 0 Å². The van der Waals surface area contributed by atoms with Crippen molar-refractivity contribution in [1.29, 1.82) is 0 Å². The van der Waals surface area contributed by atoms with Crippen LogP contribution < -0.4 is 10.2 Å². The summed E-state index contributed by atoms with van der Waals surface area (Å²) >= 11 is 0. The molecular formula is C23H22FN5O3. The topological polar surface area (TPSA) is 91.6 Å². The van der Waals surface area contributed by atoms with Crippen LogP contribution in [0, 0.1) is 15.9 Å². The lowest BCUT2D eigenvalue weighted by Crippen LogP contribution is -2.48. The third-order valence-electron chi connectivity index (χ3n) is 5.39. The number of nitro benzene ring substituents is 1. The van der Waals surface area contributed by atoms with E-state index < -0.39 is 10.7 Å². The number of aromatic nitrogens is 1. The van der Waals surface area contributed by atoms with Crippen LogP contribution in [0.15, 0.2) is 67.0 Å². The van der Waals surface area contributed by atoms with Crippen molar-refractivity contribution in [2.24, 2.45) is 0 Å². The number of hydrogen-bond acceptors (Lipinski definition) is 6. The molecule has 3 aromatic rings. The molecule has 8 nitrogen and oxygen atoms in total. The van der Waals surface area contributed by atoms with E-state index in [2.05, 4.69) is 15.2 Å². The minimum atomic E-state index is -0.438. The number of benzene rings is 2. The third-order valence-corrected chi connectivity index (χ3v) is 5.39. The van der Waals surface area contributed by atoms with E-state index in [1.807, 2.05) is 12.1 Å². The van der Waals surface area contributed by atoms with Gasteiger partial charge in [0, 0.05) is 62.4 Å². The molecule has 1 aromatic heterocycles. The van der Waals surface area contributed by atoms with Crippen LogP contribution in [0.4, 0.5) is 21.5 Å². The van der Waals surface area contributed by atoms with E-state index in [1.54, 1.807) is 35.5 Å². The second-order valence-corrected chi connectivity index (χ2v) is 7.46. The van der Waals surface area contributed by atoms with Gasteiger partial charge in [-0.15, -0.1) is 0 Å². The SMILES string of the molecule is O=C(c1cccc(F)c1)N1CCN(c2ccc([N+](=O)[O-])c(NCc3cccnc3)c2)CC1. The summed E-state index contributed by atoms with van der Waals surface area (Å²) in [6.45, 7) is 2.51. The predicted octanol–water partition coefficient (Wildman–Crippen LogP) is 3.70. The first kappa shape index (κ1) is 21.2. The molecule has 0 spiro atoms. The molecule has 0 radical (unpaired) electrons. The molecule has 2 aromatic carbocycles. The predicted molar refractivity (Wildman–Crippen MR) is 119 cm³/mol. The van der Waals surface area contributed by atoms with Crippen molar-refractivity contribution >= 4 is 23.0 Å². The molecule has 9 heteroatoms. The van der Waals surface area contributed by atoms with Gasteiger partial charge in [0.25, 0.3) is 11.6 Å². The summed E-state index contributed by atoms with van der Waals surface area (Å²) in [6, 6.07) is 14.4. The number of halogens is 1. The standard InChI is InChI=1S/C23H22FN5O3/c24-19-5-1-4-18(13-19)23(30)28-11-9-27(10-12-28)20-6-7-22(29(31)32)21(14-20)26-16-17-3-2-8-25-15-17/h1-8,13-15,26H,9-12,16H2. The van der Waals surface area contributed by atoms with Gasteiger partial charge < -0.3 is 15.1 Å². The number of carbonyl (C=O) groups excluding carboxylic acids is 1. The molecule has 1 aliphatic rings. The van der Waals surface area contributed by atoms with Crippen LogP contribution in [-0.2, 0) is 6.54 Å². The Morgan fingerprint density at radius 1 is 1.09 bits per heavy atom. The Bertz CT molecular complexity index is 1120. The molecule has 0 unspecified atom stereocenters. The largest absolute Gasteiger partial charge is 0.375 e. The summed E-state index contributed by atoms with van der Waals surface area (Å²) in [5.74, 6) is -0.640. The number of rotatable bonds is 6. The second kappa shape index (κ2) is 9.42. The molecular weight excluding hydrogens is 413 g/mol. The van der Waals surface area contributed by atoms with Crippen LogP contribution in [0.3, 0.4) is 0 Å². The molecule has 0 aliphatic carbocycles. The van der Waals surface area contributed by atoms with Gasteiger partial charge in [0.2, 0.25) is 0 Å². The summed E-state index contributed by atoms with van der Waals surface area (Å²) < 4.78 is 13.4. The number of carbonyl (C=O) groups is 1. The van der Waals surface area contributed by atoms with Gasteiger partial charge in [-0.05, 0) is 42.0 Å². The van der Waals surface area contributed by atoms with Crippen LogP contribution in [0.1, 0.15) is 15.9 Å². The van der Waals surface area contributed by atoms with Gasteiger partial charge in [-0.3, -0.25) is 19.9 Å². The van der Waals surface area contributed by atoms with Crippen molar-refractivity contribution in [2.75, 3.05) is 36.4 Å². The van der Waals surface area contributed by atoms with Crippen molar-refractivity contribution in [3.05, 3.63) is 94.0 Å². The lowest BCUT2D eigenvalue weighted by molar-refractivity contribution is -0.384. The summed E-state index contributed by atoms with van der Waals surface area (Å²) in [7, 11) is 0. The fourth-order valence-electron chi connectivity index (χ4n) is 3.69. The Balaban J connectivity index is 1.44. The average Bonchev–Trinajstić information content (AvgIpc) is 2.83. The second-order valence-electron chi connectivity index (χ2n) is 7.46. The number of hydrogen-bond donors (Lipinski definition) is 1. The molecule has 0 bridgehead atoms. The third kappa shape index (κ3) is 4.83. The number of nitrogens with zero attached hydrogens (tertiary/aromatic N) is 4. The van der Waals surface area contributed by atoms with E-state index in [-0.39, 0.29) is 11.6 Å². The van der Waals surface area contributed by atoms with Gasteiger partial charge in [0.05, 0.1) is 4.92 Å². The molecule has 0 saturated carbocycles. The Labute approximate surface area is 184 Å². The fraction of sp³-hybridized carbons (Fsp3) is 0.217. The highest BCUT2D eigenvalue weighted by molar-refractivity contribution is 5.94. The highest BCUT2D eigenvalue weighted by Crippen LogP contribution is 2.30. The van der Waals surface area contributed by atoms with Crippen LogP contribution in [0.5, 0.6) is 0 Å². The smallest absolute Gasteiger partial charge is 0.292 e. The maximum atomic E-state index is 13.4. The van der Waals surface area contributed by atoms with Crippen LogP contribution in [0.25, 0.3) is 0 Å². The number of amides is 1. The van der Waals surface area contributed by atoms with Crippen molar-refractivity contribution in [2.45, 2.75) is 6.54 Å². The van der Waals surface area contributed by atoms with Crippen molar-refractivity contribution < 1.29 is 14.1 Å². The Hall–Kier alpha value is -4.01. The normalized spacial score (nSPS) is 13.7. The molecule has 2 heterocycles. The number of piperazine rings is 1. The zero-order chi connectivity index (χ0) is 22.5. The molecule has 1 fully saturated rings. The molecule has 32 heavy (non-hydrogen) atoms. The Morgan fingerprint density at radius 2 is 1.91 bits per heavy atom. The molecule has 4 rings (SSSR count). The van der Waals surface area contributed by atoms with E-state index >= 15 is 0 Å². The Kier molecular flexibility index (Phi) is 6.25. The highest BCUT2D eigenvalue weighted by Gasteiger charge is 2.24. The van der Waals surface area contributed by atoms with E-state index in [0.29, 0.717) is 44.0 Å². The van der Waals surface area contributed by atoms with E-state index in [4.69, 9.17) is 0 Å². The lowest BCUT2D eigenvalue weighted by Gasteiger charge is -2.36. The minimum absolute atomic E-state index is 0.00226. The number of nitrogens with one attached hydrogen (secondary N) is 1. The fourth-order valence-corrected chi connectivity index (χ4v) is 3.69. The van der Waals surface area contributed by atoms with Gasteiger partial charge in [-0.25, -0.2) is 4.39 Å². The quantitative estimate of drug-likeness (QED) is 0.469. The summed E-state index contributed by atoms with van der Waals surface area (Å²) in [4.78, 5) is 31.5. The Morgan fingerprint density at radius 3 is 2.59 bits per heavy atom. The molecule has 0 atom stereocenters. The van der Waals surface area contributed by atoms with E-state index in [0.717, 1.165) is 11.3 Å². The van der Waals surface area contributed by atoms with E-state index in [1.165, 1.54) is 24.3 Å². The zero-order valence-electron chi connectivity index (χ0n) is 17.3. The monoisotopic (exact) mass is 435 g/mol. The lowest BCUT2D eigenvalue weighted by atomic mass is 10.1. The first-order valence-electron chi connectivity index (χ1n) is 10.2. The van der Waals surface area contributed by atoms with Crippen LogP contribution in [0.2, 0.25) is 0 Å². The van der Waals surface area contributed by atoms with Crippen molar-refractivity contribution in [1.82, 2.24) is 9.88 Å². The van der Waals surface area contributed by atoms with Gasteiger partial charge >= 0.3 is 0 Å². The minimum Gasteiger partial charge on any atom is -0.375 e. The highest BCUT2D eigenvalue weighted by atomic mass is 19.1. The number of anilines is 2. The average molecular weight is 435 g/mol.